The second kappa shape index (κ2) is 13.8. The van der Waals surface area contributed by atoms with Crippen LogP contribution in [0.3, 0.4) is 0 Å². The van der Waals surface area contributed by atoms with E-state index in [-0.39, 0.29) is 5.91 Å². The van der Waals surface area contributed by atoms with Crippen molar-refractivity contribution in [2.45, 2.75) is 13.2 Å². The number of amides is 1. The average molecular weight is 505 g/mol. The van der Waals surface area contributed by atoms with Crippen molar-refractivity contribution >= 4 is 17.3 Å². The SMILES string of the molecule is Nc1cccc(COc2cccnc2)c1.O=C(Nc1cccc(COc2cccnc2)c1)c1ccccc1. The highest BCUT2D eigenvalue weighted by Crippen LogP contribution is 2.15. The lowest BCUT2D eigenvalue weighted by molar-refractivity contribution is 0.102. The maximum absolute atomic E-state index is 12.2. The van der Waals surface area contributed by atoms with Gasteiger partial charge in [-0.25, -0.2) is 0 Å². The van der Waals surface area contributed by atoms with Gasteiger partial charge in [-0.1, -0.05) is 42.5 Å². The molecule has 0 radical (unpaired) electrons. The van der Waals surface area contributed by atoms with Crippen molar-refractivity contribution in [2.24, 2.45) is 0 Å². The summed E-state index contributed by atoms with van der Waals surface area (Å²) in [6, 6.07) is 31.8. The van der Waals surface area contributed by atoms with Gasteiger partial charge >= 0.3 is 0 Å². The van der Waals surface area contributed by atoms with E-state index in [1.165, 1.54) is 0 Å². The lowest BCUT2D eigenvalue weighted by atomic mass is 10.2. The average Bonchev–Trinajstić information content (AvgIpc) is 2.97. The Morgan fingerprint density at radius 1 is 0.684 bits per heavy atom. The molecule has 0 unspecified atom stereocenters. The maximum Gasteiger partial charge on any atom is 0.255 e. The molecule has 0 spiro atoms. The number of rotatable bonds is 8. The minimum Gasteiger partial charge on any atom is -0.487 e. The number of ether oxygens (including phenoxy) is 2. The first-order valence-corrected chi connectivity index (χ1v) is 12.0. The molecule has 0 saturated carbocycles. The van der Waals surface area contributed by atoms with Crippen molar-refractivity contribution in [2.75, 3.05) is 11.1 Å². The van der Waals surface area contributed by atoms with Gasteiger partial charge in [0, 0.05) is 29.3 Å². The lowest BCUT2D eigenvalue weighted by Crippen LogP contribution is -2.11. The number of carbonyl (C=O) groups excluding carboxylic acids is 1. The third-order valence-electron chi connectivity index (χ3n) is 5.25. The second-order valence-corrected chi connectivity index (χ2v) is 8.22. The summed E-state index contributed by atoms with van der Waals surface area (Å²) < 4.78 is 11.2. The number of hydrogen-bond acceptors (Lipinski definition) is 6. The first-order valence-electron chi connectivity index (χ1n) is 12.0. The molecule has 0 atom stereocenters. The van der Waals surface area contributed by atoms with Gasteiger partial charge in [0.25, 0.3) is 5.91 Å². The van der Waals surface area contributed by atoms with E-state index in [2.05, 4.69) is 15.3 Å². The number of aromatic nitrogens is 2. The van der Waals surface area contributed by atoms with Gasteiger partial charge in [-0.15, -0.1) is 0 Å². The largest absolute Gasteiger partial charge is 0.487 e. The maximum atomic E-state index is 12.2. The van der Waals surface area contributed by atoms with E-state index < -0.39 is 0 Å². The molecule has 38 heavy (non-hydrogen) atoms. The second-order valence-electron chi connectivity index (χ2n) is 8.22. The van der Waals surface area contributed by atoms with Crippen LogP contribution in [0.5, 0.6) is 11.5 Å². The zero-order chi connectivity index (χ0) is 26.4. The third kappa shape index (κ3) is 8.49. The van der Waals surface area contributed by atoms with Crippen molar-refractivity contribution in [3.63, 3.8) is 0 Å². The number of nitrogens with zero attached hydrogens (tertiary/aromatic N) is 2. The Balaban J connectivity index is 0.000000194. The van der Waals surface area contributed by atoms with Crippen molar-refractivity contribution in [3.05, 3.63) is 145 Å². The monoisotopic (exact) mass is 504 g/mol. The van der Waals surface area contributed by atoms with Crippen LogP contribution in [0.25, 0.3) is 0 Å². The molecular formula is C31H28N4O3. The summed E-state index contributed by atoms with van der Waals surface area (Å²) in [5, 5.41) is 2.89. The Morgan fingerprint density at radius 2 is 1.29 bits per heavy atom. The van der Waals surface area contributed by atoms with Gasteiger partial charge in [-0.2, -0.15) is 0 Å². The first kappa shape index (κ1) is 25.9. The number of pyridine rings is 2. The number of anilines is 2. The van der Waals surface area contributed by atoms with E-state index >= 15 is 0 Å². The predicted octanol–water partition coefficient (Wildman–Crippen LogP) is 6.16. The lowest BCUT2D eigenvalue weighted by Gasteiger charge is -2.09. The minimum absolute atomic E-state index is 0.129. The molecule has 1 amide bonds. The van der Waals surface area contributed by atoms with Crippen molar-refractivity contribution < 1.29 is 14.3 Å². The van der Waals surface area contributed by atoms with Crippen LogP contribution in [0.1, 0.15) is 21.5 Å². The highest BCUT2D eigenvalue weighted by atomic mass is 16.5. The standard InChI is InChI=1S/C19H16N2O2.C12H12N2O/c22-19(16-7-2-1-3-8-16)21-17-9-4-6-15(12-17)14-23-18-10-5-11-20-13-18;13-11-4-1-3-10(7-11)9-15-12-5-2-6-14-8-12/h1-13H,14H2,(H,21,22);1-8H,9,13H2. The predicted molar refractivity (Wildman–Crippen MR) is 149 cm³/mol. The molecule has 2 heterocycles. The van der Waals surface area contributed by atoms with E-state index in [4.69, 9.17) is 15.2 Å². The highest BCUT2D eigenvalue weighted by Gasteiger charge is 2.06. The van der Waals surface area contributed by atoms with E-state index in [0.29, 0.717) is 24.5 Å². The number of hydrogen-bond donors (Lipinski definition) is 2. The summed E-state index contributed by atoms with van der Waals surface area (Å²) >= 11 is 0. The van der Waals surface area contributed by atoms with Crippen LogP contribution in [-0.4, -0.2) is 15.9 Å². The molecule has 0 saturated heterocycles. The zero-order valence-corrected chi connectivity index (χ0v) is 20.7. The molecule has 3 aromatic carbocycles. The fourth-order valence-electron chi connectivity index (χ4n) is 3.41. The van der Waals surface area contributed by atoms with Crippen LogP contribution in [0.2, 0.25) is 0 Å². The molecule has 0 bridgehead atoms. The summed E-state index contributed by atoms with van der Waals surface area (Å²) in [5.74, 6) is 1.35. The van der Waals surface area contributed by atoms with Gasteiger partial charge in [0.05, 0.1) is 12.4 Å². The topological polar surface area (TPSA) is 99.4 Å². The Bertz CT molecular complexity index is 1420. The Kier molecular flexibility index (Phi) is 9.41. The van der Waals surface area contributed by atoms with Gasteiger partial charge in [0.15, 0.2) is 0 Å². The summed E-state index contributed by atoms with van der Waals surface area (Å²) in [7, 11) is 0. The molecular weight excluding hydrogens is 476 g/mol. The normalized spacial score (nSPS) is 10.0. The highest BCUT2D eigenvalue weighted by molar-refractivity contribution is 6.04. The number of nitrogens with one attached hydrogen (secondary N) is 1. The van der Waals surface area contributed by atoms with E-state index in [9.17, 15) is 4.79 Å². The zero-order valence-electron chi connectivity index (χ0n) is 20.7. The van der Waals surface area contributed by atoms with Crippen LogP contribution in [0, 0.1) is 0 Å². The molecule has 3 N–H and O–H groups in total. The van der Waals surface area contributed by atoms with Gasteiger partial charge < -0.3 is 20.5 Å². The number of benzene rings is 3. The molecule has 0 fully saturated rings. The van der Waals surface area contributed by atoms with Crippen LogP contribution < -0.4 is 20.5 Å². The third-order valence-corrected chi connectivity index (χ3v) is 5.25. The fraction of sp³-hybridized carbons (Fsp3) is 0.0645. The molecule has 0 aliphatic heterocycles. The summed E-state index contributed by atoms with van der Waals surface area (Å²) in [4.78, 5) is 20.1. The minimum atomic E-state index is -0.129. The first-order chi connectivity index (χ1) is 18.7. The van der Waals surface area contributed by atoms with Crippen LogP contribution in [-0.2, 0) is 13.2 Å². The number of nitrogens with two attached hydrogens (primary N) is 1. The van der Waals surface area contributed by atoms with E-state index in [1.807, 2.05) is 91.0 Å². The van der Waals surface area contributed by atoms with Crippen molar-refractivity contribution in [1.82, 2.24) is 9.97 Å². The molecule has 5 aromatic rings. The summed E-state index contributed by atoms with van der Waals surface area (Å²) in [6.45, 7) is 0.928. The quantitative estimate of drug-likeness (QED) is 0.246. The van der Waals surface area contributed by atoms with Crippen molar-refractivity contribution in [3.8, 4) is 11.5 Å². The Labute approximate surface area is 221 Å². The van der Waals surface area contributed by atoms with Crippen molar-refractivity contribution in [1.29, 1.82) is 0 Å². The summed E-state index contributed by atoms with van der Waals surface area (Å²) in [5.41, 5.74) is 9.81. The van der Waals surface area contributed by atoms with E-state index in [0.717, 1.165) is 28.3 Å². The van der Waals surface area contributed by atoms with Gasteiger partial charge in [-0.05, 0) is 71.8 Å². The Hall–Kier alpha value is -5.17. The molecule has 2 aromatic heterocycles. The van der Waals surface area contributed by atoms with Crippen LogP contribution in [0.4, 0.5) is 11.4 Å². The molecule has 190 valence electrons. The van der Waals surface area contributed by atoms with Gasteiger partial charge in [0.1, 0.15) is 24.7 Å². The molecule has 7 heteroatoms. The fourth-order valence-corrected chi connectivity index (χ4v) is 3.41. The van der Waals surface area contributed by atoms with Gasteiger partial charge in [-0.3, -0.25) is 14.8 Å². The molecule has 7 nitrogen and oxygen atoms in total. The molecule has 5 rings (SSSR count). The molecule has 0 aliphatic rings. The van der Waals surface area contributed by atoms with Gasteiger partial charge in [0.2, 0.25) is 0 Å². The van der Waals surface area contributed by atoms with E-state index in [1.54, 1.807) is 36.9 Å². The summed E-state index contributed by atoms with van der Waals surface area (Å²) in [6.07, 6.45) is 6.77. The number of carbonyl (C=O) groups is 1. The number of nitrogen functional groups attached to an aromatic ring is 1. The molecule has 0 aliphatic carbocycles. The van der Waals surface area contributed by atoms with Crippen LogP contribution >= 0.6 is 0 Å². The Morgan fingerprint density at radius 3 is 1.87 bits per heavy atom. The smallest absolute Gasteiger partial charge is 0.255 e. The van der Waals surface area contributed by atoms with Crippen LogP contribution in [0.15, 0.2) is 128 Å².